The van der Waals surface area contributed by atoms with Crippen LogP contribution < -0.4 is 0 Å². The summed E-state index contributed by atoms with van der Waals surface area (Å²) in [6.45, 7) is 7.91. The van der Waals surface area contributed by atoms with E-state index in [9.17, 15) is 14.6 Å². The molecule has 6 nitrogen and oxygen atoms in total. The van der Waals surface area contributed by atoms with E-state index in [0.717, 1.165) is 51.4 Å². The number of rotatable bonds is 16. The van der Waals surface area contributed by atoms with Gasteiger partial charge in [-0.25, -0.2) is 0 Å². The summed E-state index contributed by atoms with van der Waals surface area (Å²) in [5.41, 5.74) is 0. The van der Waals surface area contributed by atoms with E-state index >= 15 is 0 Å². The molecule has 3 N–H and O–H groups in total. The Morgan fingerprint density at radius 1 is 0.889 bits per heavy atom. The van der Waals surface area contributed by atoms with Crippen LogP contribution in [0.1, 0.15) is 91.9 Å². The van der Waals surface area contributed by atoms with Gasteiger partial charge in [0.1, 0.15) is 0 Å². The Balaban J connectivity index is 4.39. The van der Waals surface area contributed by atoms with Gasteiger partial charge in [-0.2, -0.15) is 0 Å². The van der Waals surface area contributed by atoms with Gasteiger partial charge >= 0.3 is 165 Å². The van der Waals surface area contributed by atoms with E-state index in [1.165, 1.54) is 0 Å². The summed E-state index contributed by atoms with van der Waals surface area (Å²) < 4.78 is 1.85. The maximum absolute atomic E-state index is 11.4. The molecule has 0 heterocycles. The SMILES string of the molecule is CC(C)N(C(C)C)P(O)(O)(CCC#N)CCCCCCCCCCC(=O)O. The molecule has 0 atom stereocenters. The molecule has 0 aliphatic heterocycles. The number of nitriles is 1. The molecule has 0 unspecified atom stereocenters. The topological polar surface area (TPSA) is 105 Å². The minimum absolute atomic E-state index is 0.0159. The molecule has 0 aliphatic carbocycles. The van der Waals surface area contributed by atoms with Gasteiger partial charge in [-0.3, -0.25) is 0 Å². The van der Waals surface area contributed by atoms with E-state index in [1.54, 1.807) is 0 Å². The first-order valence-electron chi connectivity index (χ1n) is 10.4. The van der Waals surface area contributed by atoms with Gasteiger partial charge in [0.05, 0.1) is 0 Å². The van der Waals surface area contributed by atoms with Crippen molar-refractivity contribution in [3.63, 3.8) is 0 Å². The number of hydrogen-bond acceptors (Lipinski definition) is 5. The van der Waals surface area contributed by atoms with Crippen LogP contribution in [0.15, 0.2) is 0 Å². The number of unbranched alkanes of at least 4 members (excludes halogenated alkanes) is 7. The molecule has 0 rings (SSSR count). The fourth-order valence-corrected chi connectivity index (χ4v) is 8.30. The third-order valence-corrected chi connectivity index (χ3v) is 9.39. The van der Waals surface area contributed by atoms with Crippen molar-refractivity contribution in [1.29, 1.82) is 5.26 Å². The Hall–Kier alpha value is -0.730. The van der Waals surface area contributed by atoms with Crippen LogP contribution in [0.5, 0.6) is 0 Å². The second kappa shape index (κ2) is 12.7. The van der Waals surface area contributed by atoms with Gasteiger partial charge in [0, 0.05) is 0 Å². The molecule has 0 saturated carbocycles. The molecule has 0 aromatic rings. The average molecular weight is 405 g/mol. The average Bonchev–Trinajstić information content (AvgIpc) is 2.53. The normalized spacial score (nSPS) is 13.7. The van der Waals surface area contributed by atoms with E-state index in [1.807, 2.05) is 32.4 Å². The number of carbonyl (C=O) groups is 1. The number of nitrogens with zero attached hydrogens (tertiary/aromatic N) is 2. The van der Waals surface area contributed by atoms with Crippen molar-refractivity contribution in [2.45, 2.75) is 104 Å². The maximum atomic E-state index is 11.4. The summed E-state index contributed by atoms with van der Waals surface area (Å²) in [5.74, 6) is -0.724. The van der Waals surface area contributed by atoms with E-state index in [0.29, 0.717) is 6.16 Å². The van der Waals surface area contributed by atoms with Crippen molar-refractivity contribution in [3.05, 3.63) is 0 Å². The third kappa shape index (κ3) is 10.4. The molecule has 0 bridgehead atoms. The molecule has 0 aliphatic rings. The number of hydrogen-bond donors (Lipinski definition) is 3. The minimum atomic E-state index is -4.06. The first-order chi connectivity index (χ1) is 12.5. The molecule has 0 radical (unpaired) electrons. The summed E-state index contributed by atoms with van der Waals surface area (Å²) in [7, 11) is -4.06. The fourth-order valence-electron chi connectivity index (χ4n) is 4.06. The standard InChI is InChI=1S/C20H41N2O4P/c1-18(2)22(19(3)4)27(25,26,17-13-15-21)16-12-10-8-6-5-7-9-11-14-20(23)24/h18-19,25-26H,5-14,16-17H2,1-4H3,(H,23,24). The Labute approximate surface area is 165 Å². The third-order valence-electron chi connectivity index (χ3n) is 5.03. The van der Waals surface area contributed by atoms with Gasteiger partial charge in [-0.1, -0.05) is 0 Å². The quantitative estimate of drug-likeness (QED) is 0.250. The van der Waals surface area contributed by atoms with E-state index in [4.69, 9.17) is 10.4 Å². The van der Waals surface area contributed by atoms with E-state index < -0.39 is 13.2 Å². The molecule has 0 spiro atoms. The zero-order chi connectivity index (χ0) is 20.9. The Kier molecular flexibility index (Phi) is 12.3. The van der Waals surface area contributed by atoms with Crippen LogP contribution in [0, 0.1) is 11.3 Å². The Bertz CT molecular complexity index is 467. The molecule has 0 fully saturated rings. The Morgan fingerprint density at radius 2 is 1.33 bits per heavy atom. The fraction of sp³-hybridized carbons (Fsp3) is 0.900. The molecular formula is C20H41N2O4P. The van der Waals surface area contributed by atoms with Crippen molar-refractivity contribution in [1.82, 2.24) is 4.67 Å². The van der Waals surface area contributed by atoms with Gasteiger partial charge in [-0.05, 0) is 0 Å². The molecule has 7 heteroatoms. The molecule has 160 valence electrons. The zero-order valence-electron chi connectivity index (χ0n) is 17.7. The molecule has 0 aromatic heterocycles. The van der Waals surface area contributed by atoms with Gasteiger partial charge < -0.3 is 0 Å². The molecular weight excluding hydrogens is 363 g/mol. The van der Waals surface area contributed by atoms with Gasteiger partial charge in [-0.15, -0.1) is 0 Å². The second-order valence-electron chi connectivity index (χ2n) is 8.24. The van der Waals surface area contributed by atoms with Crippen molar-refractivity contribution >= 4 is 13.2 Å². The van der Waals surface area contributed by atoms with Crippen molar-refractivity contribution in [2.75, 3.05) is 12.3 Å². The molecule has 0 saturated heterocycles. The summed E-state index contributed by atoms with van der Waals surface area (Å²) in [6, 6.07) is 2.10. The van der Waals surface area contributed by atoms with Crippen LogP contribution in [-0.2, 0) is 4.79 Å². The molecule has 27 heavy (non-hydrogen) atoms. The van der Waals surface area contributed by atoms with Gasteiger partial charge in [0.2, 0.25) is 0 Å². The molecule has 0 amide bonds. The van der Waals surface area contributed by atoms with Crippen LogP contribution in [0.2, 0.25) is 0 Å². The summed E-state index contributed by atoms with van der Waals surface area (Å²) in [6.07, 6.45) is 8.65. The van der Waals surface area contributed by atoms with Crippen LogP contribution >= 0.6 is 7.21 Å². The zero-order valence-corrected chi connectivity index (χ0v) is 18.6. The van der Waals surface area contributed by atoms with Crippen molar-refractivity contribution < 1.29 is 19.7 Å². The van der Waals surface area contributed by atoms with E-state index in [-0.39, 0.29) is 31.1 Å². The van der Waals surface area contributed by atoms with Crippen LogP contribution in [0.4, 0.5) is 0 Å². The number of carboxylic acid groups (broad SMARTS) is 1. The van der Waals surface area contributed by atoms with Crippen LogP contribution in [0.25, 0.3) is 0 Å². The van der Waals surface area contributed by atoms with E-state index in [2.05, 4.69) is 6.07 Å². The van der Waals surface area contributed by atoms with Gasteiger partial charge in [0.15, 0.2) is 0 Å². The Morgan fingerprint density at radius 3 is 1.74 bits per heavy atom. The number of carboxylic acids is 1. The first kappa shape index (κ1) is 26.3. The molecule has 0 aromatic carbocycles. The number of aliphatic carboxylic acids is 1. The predicted molar refractivity (Wildman–Crippen MR) is 113 cm³/mol. The van der Waals surface area contributed by atoms with Crippen molar-refractivity contribution in [2.24, 2.45) is 0 Å². The van der Waals surface area contributed by atoms with Crippen molar-refractivity contribution in [3.8, 4) is 6.07 Å². The first-order valence-corrected chi connectivity index (χ1v) is 12.9. The monoisotopic (exact) mass is 404 g/mol. The summed E-state index contributed by atoms with van der Waals surface area (Å²) in [4.78, 5) is 33.2. The summed E-state index contributed by atoms with van der Waals surface area (Å²) >= 11 is 0. The van der Waals surface area contributed by atoms with Crippen LogP contribution in [-0.4, -0.2) is 49.9 Å². The summed E-state index contributed by atoms with van der Waals surface area (Å²) in [5, 5.41) is 17.6. The predicted octanol–water partition coefficient (Wildman–Crippen LogP) is 4.90. The second-order valence-corrected chi connectivity index (χ2v) is 12.3. The van der Waals surface area contributed by atoms with Gasteiger partial charge in [0.25, 0.3) is 0 Å². The van der Waals surface area contributed by atoms with Crippen LogP contribution in [0.3, 0.4) is 0 Å².